The van der Waals surface area contributed by atoms with Crippen molar-refractivity contribution in [1.82, 2.24) is 9.78 Å². The van der Waals surface area contributed by atoms with Gasteiger partial charge in [0.1, 0.15) is 5.56 Å². The van der Waals surface area contributed by atoms with Crippen LogP contribution in [0.5, 0.6) is 0 Å². The summed E-state index contributed by atoms with van der Waals surface area (Å²) in [5.74, 6) is -0.897. The Morgan fingerprint density at radius 1 is 1.32 bits per heavy atom. The maximum Gasteiger partial charge on any atom is 0.339 e. The van der Waals surface area contributed by atoms with Crippen molar-refractivity contribution in [2.45, 2.75) is 32.7 Å². The second-order valence-corrected chi connectivity index (χ2v) is 4.48. The number of carboxylic acid groups (broad SMARTS) is 1. The Hall–Kier alpha value is -2.10. The molecule has 0 atom stereocenters. The molecule has 0 aliphatic rings. The maximum atomic E-state index is 11.0. The molecule has 1 heterocycles. The van der Waals surface area contributed by atoms with Gasteiger partial charge in [-0.05, 0) is 24.8 Å². The Balaban J connectivity index is 1.98. The third-order valence-electron chi connectivity index (χ3n) is 3.19. The molecule has 0 radical (unpaired) electrons. The van der Waals surface area contributed by atoms with Gasteiger partial charge in [0.25, 0.3) is 0 Å². The summed E-state index contributed by atoms with van der Waals surface area (Å²) >= 11 is 0. The van der Waals surface area contributed by atoms with Gasteiger partial charge in [-0.15, -0.1) is 0 Å². The summed E-state index contributed by atoms with van der Waals surface area (Å²) in [6, 6.07) is 10.3. The van der Waals surface area contributed by atoms with Gasteiger partial charge in [0, 0.05) is 6.54 Å². The minimum atomic E-state index is -0.897. The Labute approximate surface area is 112 Å². The monoisotopic (exact) mass is 258 g/mol. The molecule has 0 unspecified atom stereocenters. The Bertz CT molecular complexity index is 547. The van der Waals surface area contributed by atoms with E-state index < -0.39 is 5.97 Å². The number of aryl methyl sites for hydroxylation is 2. The summed E-state index contributed by atoms with van der Waals surface area (Å²) in [5.41, 5.74) is 2.42. The molecule has 0 saturated carbocycles. The highest BCUT2D eigenvalue weighted by Crippen LogP contribution is 2.11. The van der Waals surface area contributed by atoms with Gasteiger partial charge in [-0.25, -0.2) is 4.79 Å². The lowest BCUT2D eigenvalue weighted by Gasteiger charge is -2.06. The molecule has 1 aromatic heterocycles. The van der Waals surface area contributed by atoms with Gasteiger partial charge in [0.2, 0.25) is 0 Å². The van der Waals surface area contributed by atoms with Gasteiger partial charge in [0.05, 0.1) is 11.9 Å². The molecule has 2 aromatic rings. The lowest BCUT2D eigenvalue weighted by atomic mass is 10.1. The van der Waals surface area contributed by atoms with Gasteiger partial charge in [-0.1, -0.05) is 37.3 Å². The van der Waals surface area contributed by atoms with E-state index in [1.165, 1.54) is 11.8 Å². The fraction of sp³-hybridized carbons (Fsp3) is 0.333. The molecule has 4 heteroatoms. The standard InChI is InChI=1S/C15H18N2O2/c1-2-14-13(15(18)19)11-16-17(14)10-6-9-12-7-4-3-5-8-12/h3-5,7-8,11H,2,6,9-10H2,1H3,(H,18,19). The fourth-order valence-electron chi connectivity index (χ4n) is 2.23. The molecule has 0 aliphatic heterocycles. The quantitative estimate of drug-likeness (QED) is 0.866. The van der Waals surface area contributed by atoms with E-state index in [2.05, 4.69) is 17.2 Å². The number of benzene rings is 1. The molecule has 4 nitrogen and oxygen atoms in total. The number of aromatic nitrogens is 2. The van der Waals surface area contributed by atoms with Crippen LogP contribution in [0.4, 0.5) is 0 Å². The number of carboxylic acids is 1. The van der Waals surface area contributed by atoms with Gasteiger partial charge in [0.15, 0.2) is 0 Å². The lowest BCUT2D eigenvalue weighted by molar-refractivity contribution is 0.0695. The maximum absolute atomic E-state index is 11.0. The highest BCUT2D eigenvalue weighted by molar-refractivity contribution is 5.88. The van der Waals surface area contributed by atoms with Crippen LogP contribution in [0.1, 0.15) is 35.0 Å². The van der Waals surface area contributed by atoms with Crippen molar-refractivity contribution in [3.05, 3.63) is 53.3 Å². The average molecular weight is 258 g/mol. The van der Waals surface area contributed by atoms with Crippen molar-refractivity contribution in [2.75, 3.05) is 0 Å². The van der Waals surface area contributed by atoms with Crippen LogP contribution in [0, 0.1) is 0 Å². The topological polar surface area (TPSA) is 55.1 Å². The van der Waals surface area contributed by atoms with Gasteiger partial charge in [-0.2, -0.15) is 5.10 Å². The van der Waals surface area contributed by atoms with E-state index in [0.717, 1.165) is 25.1 Å². The molecule has 2 rings (SSSR count). The van der Waals surface area contributed by atoms with Crippen LogP contribution in [0.25, 0.3) is 0 Å². The first-order valence-corrected chi connectivity index (χ1v) is 6.54. The highest BCUT2D eigenvalue weighted by atomic mass is 16.4. The molecule has 1 N–H and O–H groups in total. The molecule has 0 spiro atoms. The lowest BCUT2D eigenvalue weighted by Crippen LogP contribution is -2.08. The van der Waals surface area contributed by atoms with Crippen molar-refractivity contribution in [3.63, 3.8) is 0 Å². The second-order valence-electron chi connectivity index (χ2n) is 4.48. The smallest absolute Gasteiger partial charge is 0.339 e. The molecule has 0 saturated heterocycles. The van der Waals surface area contributed by atoms with Crippen LogP contribution in [-0.4, -0.2) is 20.9 Å². The van der Waals surface area contributed by atoms with Crippen LogP contribution in [-0.2, 0) is 19.4 Å². The second kappa shape index (κ2) is 6.18. The fourth-order valence-corrected chi connectivity index (χ4v) is 2.23. The summed E-state index contributed by atoms with van der Waals surface area (Å²) in [7, 11) is 0. The van der Waals surface area contributed by atoms with E-state index in [-0.39, 0.29) is 0 Å². The molecule has 0 aliphatic carbocycles. The van der Waals surface area contributed by atoms with Crippen LogP contribution in [0.2, 0.25) is 0 Å². The SMILES string of the molecule is CCc1c(C(=O)O)cnn1CCCc1ccccc1. The predicted molar refractivity (Wildman–Crippen MR) is 73.3 cm³/mol. The highest BCUT2D eigenvalue weighted by Gasteiger charge is 2.14. The van der Waals surface area contributed by atoms with E-state index in [1.807, 2.05) is 29.8 Å². The van der Waals surface area contributed by atoms with Crippen LogP contribution in [0.3, 0.4) is 0 Å². The first-order valence-electron chi connectivity index (χ1n) is 6.54. The number of hydrogen-bond donors (Lipinski definition) is 1. The molecule has 0 amide bonds. The average Bonchev–Trinajstić information content (AvgIpc) is 2.83. The third-order valence-corrected chi connectivity index (χ3v) is 3.19. The van der Waals surface area contributed by atoms with Crippen molar-refractivity contribution in [2.24, 2.45) is 0 Å². The molecular formula is C15H18N2O2. The summed E-state index contributed by atoms with van der Waals surface area (Å²) in [6.45, 7) is 2.71. The van der Waals surface area contributed by atoms with Gasteiger partial charge < -0.3 is 5.11 Å². The van der Waals surface area contributed by atoms with Crippen molar-refractivity contribution in [3.8, 4) is 0 Å². The van der Waals surface area contributed by atoms with Crippen molar-refractivity contribution >= 4 is 5.97 Å². The first kappa shape index (κ1) is 13.3. The number of hydrogen-bond acceptors (Lipinski definition) is 2. The molecule has 0 fully saturated rings. The summed E-state index contributed by atoms with van der Waals surface area (Å²) in [4.78, 5) is 11.0. The largest absolute Gasteiger partial charge is 0.478 e. The normalized spacial score (nSPS) is 10.6. The van der Waals surface area contributed by atoms with E-state index >= 15 is 0 Å². The summed E-state index contributed by atoms with van der Waals surface area (Å²) in [5, 5.41) is 13.2. The molecule has 100 valence electrons. The van der Waals surface area contributed by atoms with Crippen LogP contribution >= 0.6 is 0 Å². The Kier molecular flexibility index (Phi) is 4.34. The van der Waals surface area contributed by atoms with Crippen LogP contribution < -0.4 is 0 Å². The first-order chi connectivity index (χ1) is 9.22. The Morgan fingerprint density at radius 3 is 2.68 bits per heavy atom. The molecular weight excluding hydrogens is 240 g/mol. The number of aromatic carboxylic acids is 1. The third kappa shape index (κ3) is 3.22. The minimum absolute atomic E-state index is 0.321. The van der Waals surface area contributed by atoms with E-state index in [9.17, 15) is 4.79 Å². The van der Waals surface area contributed by atoms with E-state index in [4.69, 9.17) is 5.11 Å². The van der Waals surface area contributed by atoms with Crippen LogP contribution in [0.15, 0.2) is 36.5 Å². The zero-order valence-corrected chi connectivity index (χ0v) is 11.0. The van der Waals surface area contributed by atoms with Gasteiger partial charge in [-0.3, -0.25) is 4.68 Å². The van der Waals surface area contributed by atoms with Gasteiger partial charge >= 0.3 is 5.97 Å². The molecule has 0 bridgehead atoms. The van der Waals surface area contributed by atoms with E-state index in [0.29, 0.717) is 12.0 Å². The summed E-state index contributed by atoms with van der Waals surface area (Å²) < 4.78 is 1.81. The Morgan fingerprint density at radius 2 is 2.05 bits per heavy atom. The minimum Gasteiger partial charge on any atom is -0.478 e. The zero-order chi connectivity index (χ0) is 13.7. The van der Waals surface area contributed by atoms with E-state index in [1.54, 1.807) is 0 Å². The number of rotatable bonds is 6. The number of nitrogens with zero attached hydrogens (tertiary/aromatic N) is 2. The van der Waals surface area contributed by atoms with Crippen molar-refractivity contribution in [1.29, 1.82) is 0 Å². The van der Waals surface area contributed by atoms with Crippen molar-refractivity contribution < 1.29 is 9.90 Å². The molecule has 19 heavy (non-hydrogen) atoms. The predicted octanol–water partition coefficient (Wildman–Crippen LogP) is 2.78. The molecule has 1 aromatic carbocycles. The summed E-state index contributed by atoms with van der Waals surface area (Å²) in [6.07, 6.45) is 4.07. The number of carbonyl (C=O) groups is 1. The zero-order valence-electron chi connectivity index (χ0n) is 11.0.